The number of hydrogen-bond donors (Lipinski definition) is 0. The fourth-order valence-corrected chi connectivity index (χ4v) is 4.33. The minimum atomic E-state index is -0.569. The van der Waals surface area contributed by atoms with E-state index in [0.29, 0.717) is 17.9 Å². The minimum Gasteiger partial charge on any atom is -0.465 e. The number of rotatable bonds is 6. The third kappa shape index (κ3) is 3.75. The third-order valence-electron chi connectivity index (χ3n) is 5.81. The van der Waals surface area contributed by atoms with Gasteiger partial charge >= 0.3 is 11.9 Å². The number of hydrogen-bond acceptors (Lipinski definition) is 5. The van der Waals surface area contributed by atoms with Gasteiger partial charge in [-0.15, -0.1) is 0 Å². The molecule has 1 aliphatic rings. The molecule has 0 spiro atoms. The van der Waals surface area contributed by atoms with Gasteiger partial charge in [0.25, 0.3) is 0 Å². The average molecular weight is 431 g/mol. The normalized spacial score (nSPS) is 11.3. The van der Waals surface area contributed by atoms with Gasteiger partial charge in [0.05, 0.1) is 25.3 Å². The van der Waals surface area contributed by atoms with Crippen LogP contribution in [0, 0.1) is 0 Å². The van der Waals surface area contributed by atoms with Crippen molar-refractivity contribution in [2.24, 2.45) is 0 Å². The van der Waals surface area contributed by atoms with Crippen molar-refractivity contribution in [3.8, 4) is 33.8 Å². The lowest BCUT2D eigenvalue weighted by Gasteiger charge is -2.20. The molecule has 5 heteroatoms. The maximum absolute atomic E-state index is 13.0. The fraction of sp³-hybridized carbons (Fsp3) is 0.259. The number of carbonyl (C=O) groups excluding carboxylic acids is 2. The van der Waals surface area contributed by atoms with E-state index >= 15 is 0 Å². The largest absolute Gasteiger partial charge is 0.465 e. The van der Waals surface area contributed by atoms with Crippen molar-refractivity contribution in [1.29, 1.82) is 0 Å². The highest BCUT2D eigenvalue weighted by Gasteiger charge is 2.31. The molecule has 0 fully saturated rings. The maximum atomic E-state index is 13.0. The fourth-order valence-electron chi connectivity index (χ4n) is 4.33. The molecule has 0 unspecified atom stereocenters. The Morgan fingerprint density at radius 2 is 1.44 bits per heavy atom. The molecule has 1 heterocycles. The van der Waals surface area contributed by atoms with Gasteiger partial charge in [-0.2, -0.15) is 0 Å². The van der Waals surface area contributed by atoms with Crippen LogP contribution in [0.1, 0.15) is 52.5 Å². The van der Waals surface area contributed by atoms with E-state index in [2.05, 4.69) is 6.92 Å². The predicted molar refractivity (Wildman–Crippen MR) is 123 cm³/mol. The molecular formula is C27H26O5. The molecule has 4 rings (SSSR count). The number of para-hydroxylation sites is 2. The van der Waals surface area contributed by atoms with Crippen LogP contribution in [0.15, 0.2) is 54.6 Å². The molecule has 0 aliphatic carbocycles. The second kappa shape index (κ2) is 9.27. The third-order valence-corrected chi connectivity index (χ3v) is 5.81. The second-order valence-corrected chi connectivity index (χ2v) is 7.73. The first-order chi connectivity index (χ1) is 15.6. The number of fused-ring (bicyclic) bond motifs is 5. The molecule has 0 N–H and O–H groups in total. The number of carbonyl (C=O) groups is 2. The Morgan fingerprint density at radius 3 is 2.09 bits per heavy atom. The summed E-state index contributed by atoms with van der Waals surface area (Å²) in [6, 6.07) is 17.2. The van der Waals surface area contributed by atoms with Crippen LogP contribution in [0.25, 0.3) is 22.3 Å². The predicted octanol–water partition coefficient (Wildman–Crippen LogP) is 6.43. The number of methoxy groups -OCH3 is 2. The van der Waals surface area contributed by atoms with Crippen molar-refractivity contribution in [1.82, 2.24) is 0 Å². The van der Waals surface area contributed by atoms with E-state index in [1.165, 1.54) is 14.2 Å². The standard InChI is InChI=1S/C27H26O5/c1-4-5-6-13-19-24-18-12-8-10-15-23(18)32-22-14-9-7-11-17(22)20(24)16-21(26(28)30-2)25(19)27(29)31-3/h7-12,14-16H,4-6,13H2,1-3H3. The van der Waals surface area contributed by atoms with Crippen molar-refractivity contribution >= 4 is 11.9 Å². The lowest BCUT2D eigenvalue weighted by atomic mass is 9.83. The highest BCUT2D eigenvalue weighted by molar-refractivity contribution is 6.09. The molecule has 5 nitrogen and oxygen atoms in total. The monoisotopic (exact) mass is 430 g/mol. The van der Waals surface area contributed by atoms with Crippen LogP contribution in [0.2, 0.25) is 0 Å². The van der Waals surface area contributed by atoms with Crippen LogP contribution in [-0.4, -0.2) is 26.2 Å². The Balaban J connectivity index is 2.15. The van der Waals surface area contributed by atoms with Gasteiger partial charge in [-0.25, -0.2) is 9.59 Å². The topological polar surface area (TPSA) is 61.8 Å². The summed E-state index contributed by atoms with van der Waals surface area (Å²) in [6.45, 7) is 2.13. The first-order valence-corrected chi connectivity index (χ1v) is 10.8. The van der Waals surface area contributed by atoms with Crippen LogP contribution in [-0.2, 0) is 15.9 Å². The van der Waals surface area contributed by atoms with E-state index in [4.69, 9.17) is 14.2 Å². The molecule has 0 bridgehead atoms. The van der Waals surface area contributed by atoms with Gasteiger partial charge < -0.3 is 14.2 Å². The van der Waals surface area contributed by atoms with Crippen LogP contribution in [0.4, 0.5) is 0 Å². The molecular weight excluding hydrogens is 404 g/mol. The summed E-state index contributed by atoms with van der Waals surface area (Å²) in [5.41, 5.74) is 4.74. The first kappa shape index (κ1) is 21.6. The molecule has 1 aliphatic heterocycles. The quantitative estimate of drug-likeness (QED) is 0.260. The van der Waals surface area contributed by atoms with Gasteiger partial charge in [0, 0.05) is 11.1 Å². The van der Waals surface area contributed by atoms with E-state index in [9.17, 15) is 9.59 Å². The van der Waals surface area contributed by atoms with Crippen LogP contribution in [0.5, 0.6) is 11.5 Å². The summed E-state index contributed by atoms with van der Waals surface area (Å²) < 4.78 is 16.5. The minimum absolute atomic E-state index is 0.207. The maximum Gasteiger partial charge on any atom is 0.339 e. The van der Waals surface area contributed by atoms with Crippen molar-refractivity contribution < 1.29 is 23.8 Å². The Labute approximate surface area is 187 Å². The zero-order valence-corrected chi connectivity index (χ0v) is 18.6. The Morgan fingerprint density at radius 1 is 0.812 bits per heavy atom. The van der Waals surface area contributed by atoms with E-state index in [1.54, 1.807) is 6.07 Å². The summed E-state index contributed by atoms with van der Waals surface area (Å²) in [4.78, 5) is 25.8. The Bertz CT molecular complexity index is 1180. The van der Waals surface area contributed by atoms with Crippen molar-refractivity contribution in [3.63, 3.8) is 0 Å². The summed E-state index contributed by atoms with van der Waals surface area (Å²) in [5, 5.41) is 0. The van der Waals surface area contributed by atoms with Gasteiger partial charge in [0.2, 0.25) is 0 Å². The van der Waals surface area contributed by atoms with E-state index in [-0.39, 0.29) is 11.1 Å². The molecule has 0 radical (unpaired) electrons. The molecule has 0 saturated carbocycles. The van der Waals surface area contributed by atoms with E-state index in [0.717, 1.165) is 47.1 Å². The van der Waals surface area contributed by atoms with Gasteiger partial charge in [0.1, 0.15) is 11.5 Å². The SMILES string of the molecule is CCCCCc1c(C(=O)OC)c(C(=O)OC)cc2c1-c1ccccc1Oc1ccccc1-2. The van der Waals surface area contributed by atoms with Crippen LogP contribution < -0.4 is 4.74 Å². The molecule has 3 aromatic carbocycles. The van der Waals surface area contributed by atoms with Crippen molar-refractivity contribution in [3.05, 3.63) is 71.3 Å². The molecule has 3 aromatic rings. The number of benzene rings is 3. The highest BCUT2D eigenvalue weighted by Crippen LogP contribution is 2.49. The molecule has 0 saturated heterocycles. The lowest BCUT2D eigenvalue weighted by molar-refractivity contribution is 0.0554. The van der Waals surface area contributed by atoms with Crippen LogP contribution >= 0.6 is 0 Å². The van der Waals surface area contributed by atoms with Gasteiger partial charge in [0.15, 0.2) is 0 Å². The lowest BCUT2D eigenvalue weighted by Crippen LogP contribution is -2.16. The van der Waals surface area contributed by atoms with E-state index in [1.807, 2.05) is 48.5 Å². The van der Waals surface area contributed by atoms with Gasteiger partial charge in [-0.3, -0.25) is 0 Å². The number of ether oxygens (including phenoxy) is 3. The summed E-state index contributed by atoms with van der Waals surface area (Å²) in [6.07, 6.45) is 3.55. The first-order valence-electron chi connectivity index (χ1n) is 10.8. The van der Waals surface area contributed by atoms with Crippen LogP contribution in [0.3, 0.4) is 0 Å². The summed E-state index contributed by atoms with van der Waals surface area (Å²) in [5.74, 6) is 0.286. The summed E-state index contributed by atoms with van der Waals surface area (Å²) >= 11 is 0. The molecule has 0 atom stereocenters. The molecule has 164 valence electrons. The molecule has 32 heavy (non-hydrogen) atoms. The highest BCUT2D eigenvalue weighted by atomic mass is 16.5. The molecule has 0 aromatic heterocycles. The zero-order valence-electron chi connectivity index (χ0n) is 18.6. The molecule has 0 amide bonds. The van der Waals surface area contributed by atoms with Gasteiger partial charge in [-0.05, 0) is 47.7 Å². The zero-order chi connectivity index (χ0) is 22.7. The second-order valence-electron chi connectivity index (χ2n) is 7.73. The van der Waals surface area contributed by atoms with E-state index < -0.39 is 11.9 Å². The average Bonchev–Trinajstić information content (AvgIpc) is 2.97. The summed E-state index contributed by atoms with van der Waals surface area (Å²) in [7, 11) is 2.65. The smallest absolute Gasteiger partial charge is 0.339 e. The van der Waals surface area contributed by atoms with Crippen molar-refractivity contribution in [2.45, 2.75) is 32.6 Å². The van der Waals surface area contributed by atoms with Crippen molar-refractivity contribution in [2.75, 3.05) is 14.2 Å². The Kier molecular flexibility index (Phi) is 6.26. The Hall–Kier alpha value is -3.60. The number of unbranched alkanes of at least 4 members (excludes halogenated alkanes) is 2. The number of esters is 2. The van der Waals surface area contributed by atoms with Gasteiger partial charge in [-0.1, -0.05) is 56.2 Å².